The first-order valence-corrected chi connectivity index (χ1v) is 8.56. The van der Waals surface area contributed by atoms with Gasteiger partial charge < -0.3 is 25.2 Å². The van der Waals surface area contributed by atoms with Gasteiger partial charge in [-0.25, -0.2) is 4.79 Å². The topological polar surface area (TPSA) is 114 Å². The lowest BCUT2D eigenvalue weighted by molar-refractivity contribution is -0.115. The van der Waals surface area contributed by atoms with Crippen LogP contribution in [0.5, 0.6) is 11.5 Å². The summed E-state index contributed by atoms with van der Waals surface area (Å²) in [4.78, 5) is 35.6. The van der Waals surface area contributed by atoms with Crippen molar-refractivity contribution in [1.29, 1.82) is 0 Å². The Kier molecular flexibility index (Phi) is 6.97. The van der Waals surface area contributed by atoms with Crippen molar-refractivity contribution in [2.75, 3.05) is 19.0 Å². The molecule has 0 aromatic heterocycles. The maximum Gasteiger partial charge on any atom is 0.335 e. The Balaban J connectivity index is 2.06. The van der Waals surface area contributed by atoms with Crippen LogP contribution >= 0.6 is 0 Å². The predicted molar refractivity (Wildman–Crippen MR) is 103 cm³/mol. The van der Waals surface area contributed by atoms with E-state index >= 15 is 0 Å². The van der Waals surface area contributed by atoms with Crippen molar-refractivity contribution in [2.45, 2.75) is 20.0 Å². The van der Waals surface area contributed by atoms with Gasteiger partial charge in [0.2, 0.25) is 5.91 Å². The van der Waals surface area contributed by atoms with Gasteiger partial charge in [-0.05, 0) is 50.2 Å². The molecule has 0 aliphatic carbocycles. The van der Waals surface area contributed by atoms with Crippen LogP contribution in [0.4, 0.5) is 5.69 Å². The van der Waals surface area contributed by atoms with Crippen LogP contribution in [0.15, 0.2) is 42.5 Å². The lowest BCUT2D eigenvalue weighted by Gasteiger charge is -2.16. The Morgan fingerprint density at radius 1 is 1.07 bits per heavy atom. The molecular weight excluding hydrogens is 364 g/mol. The van der Waals surface area contributed by atoms with Crippen LogP contribution in [0.1, 0.15) is 34.6 Å². The Morgan fingerprint density at radius 2 is 1.82 bits per heavy atom. The third-order valence-corrected chi connectivity index (χ3v) is 3.60. The van der Waals surface area contributed by atoms with Gasteiger partial charge in [-0.2, -0.15) is 0 Å². The molecule has 2 aromatic rings. The number of rotatable bonds is 8. The molecule has 2 aromatic carbocycles. The molecule has 0 unspecified atom stereocenters. The number of hydrogen-bond donors (Lipinski definition) is 3. The zero-order valence-electron chi connectivity index (χ0n) is 15.8. The molecule has 2 amide bonds. The zero-order chi connectivity index (χ0) is 20.7. The first-order chi connectivity index (χ1) is 13.3. The average Bonchev–Trinajstić information content (AvgIpc) is 2.67. The minimum Gasteiger partial charge on any atom is -0.497 e. The number of carboxylic acid groups (broad SMARTS) is 1. The average molecular weight is 386 g/mol. The van der Waals surface area contributed by atoms with Crippen LogP contribution in [0, 0.1) is 0 Å². The van der Waals surface area contributed by atoms with Crippen molar-refractivity contribution < 1.29 is 29.0 Å². The molecule has 0 fully saturated rings. The van der Waals surface area contributed by atoms with Gasteiger partial charge in [-0.1, -0.05) is 6.07 Å². The number of anilines is 1. The molecule has 0 bridgehead atoms. The fraction of sp³-hybridized carbons (Fsp3) is 0.250. The van der Waals surface area contributed by atoms with E-state index in [1.165, 1.54) is 25.3 Å². The molecule has 0 radical (unpaired) electrons. The Bertz CT molecular complexity index is 879. The van der Waals surface area contributed by atoms with Gasteiger partial charge >= 0.3 is 5.97 Å². The maximum absolute atomic E-state index is 12.2. The molecule has 8 heteroatoms. The van der Waals surface area contributed by atoms with E-state index in [-0.39, 0.29) is 23.9 Å². The van der Waals surface area contributed by atoms with Crippen molar-refractivity contribution in [1.82, 2.24) is 5.32 Å². The summed E-state index contributed by atoms with van der Waals surface area (Å²) in [5.74, 6) is -1.22. The van der Waals surface area contributed by atoms with E-state index in [2.05, 4.69) is 10.6 Å². The predicted octanol–water partition coefficient (Wildman–Crippen LogP) is 2.55. The van der Waals surface area contributed by atoms with Gasteiger partial charge in [-0.15, -0.1) is 0 Å². The van der Waals surface area contributed by atoms with Crippen LogP contribution in [0.2, 0.25) is 0 Å². The van der Waals surface area contributed by atoms with Gasteiger partial charge in [0.15, 0.2) is 0 Å². The third kappa shape index (κ3) is 5.73. The highest BCUT2D eigenvalue weighted by Gasteiger charge is 2.14. The van der Waals surface area contributed by atoms with E-state index in [0.29, 0.717) is 17.1 Å². The summed E-state index contributed by atoms with van der Waals surface area (Å²) in [5, 5.41) is 14.2. The number of methoxy groups -OCH3 is 1. The fourth-order valence-corrected chi connectivity index (χ4v) is 2.34. The number of nitrogens with one attached hydrogen (secondary N) is 2. The standard InChI is InChI=1S/C20H22N2O6/c1-12(2)28-17-8-7-14(20(25)26)10-16(17)22-18(23)11-21-19(24)13-5-4-6-15(9-13)27-3/h4-10,12H,11H2,1-3H3,(H,21,24)(H,22,23)(H,25,26). The molecule has 0 saturated heterocycles. The second-order valence-electron chi connectivity index (χ2n) is 6.15. The van der Waals surface area contributed by atoms with Crippen LogP contribution in [-0.2, 0) is 4.79 Å². The fourth-order valence-electron chi connectivity index (χ4n) is 2.34. The molecule has 0 aliphatic heterocycles. The first kappa shape index (κ1) is 20.8. The molecule has 2 rings (SSSR count). The largest absolute Gasteiger partial charge is 0.497 e. The summed E-state index contributed by atoms with van der Waals surface area (Å²) in [7, 11) is 1.49. The highest BCUT2D eigenvalue weighted by molar-refractivity contribution is 6.00. The van der Waals surface area contributed by atoms with E-state index in [1.807, 2.05) is 13.8 Å². The molecule has 0 spiro atoms. The van der Waals surface area contributed by atoms with E-state index < -0.39 is 17.8 Å². The van der Waals surface area contributed by atoms with Gasteiger partial charge in [0.25, 0.3) is 5.91 Å². The van der Waals surface area contributed by atoms with E-state index in [0.717, 1.165) is 0 Å². The lowest BCUT2D eigenvalue weighted by atomic mass is 10.2. The molecule has 148 valence electrons. The normalized spacial score (nSPS) is 10.3. The molecule has 0 atom stereocenters. The summed E-state index contributed by atoms with van der Waals surface area (Å²) in [6.07, 6.45) is -0.168. The Hall–Kier alpha value is -3.55. The van der Waals surface area contributed by atoms with Crippen LogP contribution in [0.3, 0.4) is 0 Å². The Labute approximate surface area is 162 Å². The minimum absolute atomic E-state index is 0.00632. The number of carbonyl (C=O) groups is 3. The highest BCUT2D eigenvalue weighted by atomic mass is 16.5. The Morgan fingerprint density at radius 3 is 2.46 bits per heavy atom. The van der Waals surface area contributed by atoms with Crippen LogP contribution in [0.25, 0.3) is 0 Å². The first-order valence-electron chi connectivity index (χ1n) is 8.56. The van der Waals surface area contributed by atoms with Gasteiger partial charge in [0, 0.05) is 5.56 Å². The minimum atomic E-state index is -1.13. The molecular formula is C20H22N2O6. The lowest BCUT2D eigenvalue weighted by Crippen LogP contribution is -2.33. The summed E-state index contributed by atoms with van der Waals surface area (Å²) in [6.45, 7) is 3.32. The van der Waals surface area contributed by atoms with Crippen LogP contribution in [-0.4, -0.2) is 42.6 Å². The summed E-state index contributed by atoms with van der Waals surface area (Å²) >= 11 is 0. The third-order valence-electron chi connectivity index (χ3n) is 3.60. The van der Waals surface area contributed by atoms with E-state index in [9.17, 15) is 14.4 Å². The number of amides is 2. The molecule has 3 N–H and O–H groups in total. The number of benzene rings is 2. The van der Waals surface area contributed by atoms with Crippen molar-refractivity contribution in [2.24, 2.45) is 0 Å². The molecule has 0 aliphatic rings. The number of carbonyl (C=O) groups excluding carboxylic acids is 2. The monoisotopic (exact) mass is 386 g/mol. The summed E-state index contributed by atoms with van der Waals surface area (Å²) in [6, 6.07) is 10.7. The number of aromatic carboxylic acids is 1. The number of carboxylic acids is 1. The van der Waals surface area contributed by atoms with E-state index in [1.54, 1.807) is 24.3 Å². The van der Waals surface area contributed by atoms with Gasteiger partial charge in [0.05, 0.1) is 31.0 Å². The second kappa shape index (κ2) is 9.40. The number of ether oxygens (including phenoxy) is 2. The van der Waals surface area contributed by atoms with Crippen molar-refractivity contribution in [3.05, 3.63) is 53.6 Å². The van der Waals surface area contributed by atoms with Crippen LogP contribution < -0.4 is 20.1 Å². The quantitative estimate of drug-likeness (QED) is 0.642. The van der Waals surface area contributed by atoms with Gasteiger partial charge in [-0.3, -0.25) is 9.59 Å². The van der Waals surface area contributed by atoms with Crippen molar-refractivity contribution in [3.8, 4) is 11.5 Å². The smallest absolute Gasteiger partial charge is 0.335 e. The zero-order valence-corrected chi connectivity index (χ0v) is 15.8. The summed E-state index contributed by atoms with van der Waals surface area (Å²) < 4.78 is 10.7. The van der Waals surface area contributed by atoms with Crippen molar-refractivity contribution in [3.63, 3.8) is 0 Å². The maximum atomic E-state index is 12.2. The molecule has 8 nitrogen and oxygen atoms in total. The highest BCUT2D eigenvalue weighted by Crippen LogP contribution is 2.27. The number of hydrogen-bond acceptors (Lipinski definition) is 5. The van der Waals surface area contributed by atoms with Crippen molar-refractivity contribution >= 4 is 23.5 Å². The summed E-state index contributed by atoms with van der Waals surface area (Å²) in [5.41, 5.74) is 0.574. The van der Waals surface area contributed by atoms with Gasteiger partial charge in [0.1, 0.15) is 11.5 Å². The molecule has 0 saturated carbocycles. The molecule has 28 heavy (non-hydrogen) atoms. The second-order valence-corrected chi connectivity index (χ2v) is 6.15. The van der Waals surface area contributed by atoms with E-state index in [4.69, 9.17) is 14.6 Å². The SMILES string of the molecule is COc1cccc(C(=O)NCC(=O)Nc2cc(C(=O)O)ccc2OC(C)C)c1. The molecule has 0 heterocycles.